The van der Waals surface area contributed by atoms with Gasteiger partial charge in [-0.25, -0.2) is 0 Å². The minimum Gasteiger partial charge on any atom is -0.490 e. The standard InChI is InChI=1S/C9H15N3O2S/c1-13-7-8(10)12-15-9(7)11-6-3-2-4-14-5-6/h6,11H,2-5H2,1H3,(H2,10,12). The lowest BCUT2D eigenvalue weighted by atomic mass is 10.1. The molecule has 3 N–H and O–H groups in total. The zero-order valence-electron chi connectivity index (χ0n) is 8.66. The van der Waals surface area contributed by atoms with Crippen LogP contribution in [0.1, 0.15) is 12.8 Å². The van der Waals surface area contributed by atoms with Crippen molar-refractivity contribution in [1.29, 1.82) is 0 Å². The highest BCUT2D eigenvalue weighted by atomic mass is 32.1. The highest BCUT2D eigenvalue weighted by Gasteiger charge is 2.18. The van der Waals surface area contributed by atoms with Gasteiger partial charge >= 0.3 is 0 Å². The number of nitrogens with one attached hydrogen (secondary N) is 1. The monoisotopic (exact) mass is 229 g/mol. The van der Waals surface area contributed by atoms with Gasteiger partial charge in [-0.15, -0.1) is 0 Å². The van der Waals surface area contributed by atoms with Crippen molar-refractivity contribution in [3.05, 3.63) is 0 Å². The number of anilines is 2. The first-order chi connectivity index (χ1) is 7.31. The Morgan fingerprint density at radius 1 is 1.67 bits per heavy atom. The molecule has 0 spiro atoms. The van der Waals surface area contributed by atoms with Crippen LogP contribution in [0.5, 0.6) is 5.75 Å². The van der Waals surface area contributed by atoms with Crippen LogP contribution in [-0.2, 0) is 4.74 Å². The minimum atomic E-state index is 0.340. The number of rotatable bonds is 3. The molecule has 84 valence electrons. The van der Waals surface area contributed by atoms with Gasteiger partial charge in [0.1, 0.15) is 0 Å². The van der Waals surface area contributed by atoms with E-state index in [2.05, 4.69) is 9.69 Å². The van der Waals surface area contributed by atoms with Crippen LogP contribution in [0.2, 0.25) is 0 Å². The highest BCUT2D eigenvalue weighted by molar-refractivity contribution is 7.11. The van der Waals surface area contributed by atoms with Crippen molar-refractivity contribution in [2.75, 3.05) is 31.4 Å². The molecule has 1 atom stereocenters. The lowest BCUT2D eigenvalue weighted by molar-refractivity contribution is 0.0876. The molecule has 2 heterocycles. The van der Waals surface area contributed by atoms with E-state index >= 15 is 0 Å². The molecule has 0 saturated carbocycles. The largest absolute Gasteiger partial charge is 0.490 e. The third-order valence-corrected chi connectivity index (χ3v) is 3.15. The summed E-state index contributed by atoms with van der Waals surface area (Å²) in [5.41, 5.74) is 5.66. The maximum atomic E-state index is 5.66. The van der Waals surface area contributed by atoms with Gasteiger partial charge in [-0.2, -0.15) is 4.37 Å². The molecular formula is C9H15N3O2S. The second kappa shape index (κ2) is 4.67. The van der Waals surface area contributed by atoms with Crippen LogP contribution in [0.25, 0.3) is 0 Å². The average molecular weight is 229 g/mol. The zero-order valence-corrected chi connectivity index (χ0v) is 9.47. The van der Waals surface area contributed by atoms with Crippen LogP contribution < -0.4 is 15.8 Å². The van der Waals surface area contributed by atoms with E-state index in [1.807, 2.05) is 0 Å². The number of nitrogen functional groups attached to an aromatic ring is 1. The Balaban J connectivity index is 2.02. The van der Waals surface area contributed by atoms with Crippen LogP contribution in [0.4, 0.5) is 10.8 Å². The number of hydrogen-bond acceptors (Lipinski definition) is 6. The summed E-state index contributed by atoms with van der Waals surface area (Å²) in [5, 5.41) is 4.24. The van der Waals surface area contributed by atoms with Crippen molar-refractivity contribution >= 4 is 22.4 Å². The fourth-order valence-electron chi connectivity index (χ4n) is 1.62. The molecule has 0 aromatic carbocycles. The van der Waals surface area contributed by atoms with E-state index < -0.39 is 0 Å². The third-order valence-electron chi connectivity index (χ3n) is 2.37. The molecule has 2 rings (SSSR count). The predicted octanol–water partition coefficient (Wildman–Crippen LogP) is 1.32. The van der Waals surface area contributed by atoms with E-state index in [1.54, 1.807) is 7.11 Å². The smallest absolute Gasteiger partial charge is 0.197 e. The quantitative estimate of drug-likeness (QED) is 0.818. The molecule has 0 bridgehead atoms. The van der Waals surface area contributed by atoms with E-state index in [-0.39, 0.29) is 0 Å². The van der Waals surface area contributed by atoms with Gasteiger partial charge in [-0.1, -0.05) is 0 Å². The Labute approximate surface area is 92.7 Å². The van der Waals surface area contributed by atoms with Gasteiger partial charge in [-0.3, -0.25) is 0 Å². The zero-order chi connectivity index (χ0) is 10.7. The number of hydrogen-bond donors (Lipinski definition) is 2. The summed E-state index contributed by atoms with van der Waals surface area (Å²) in [7, 11) is 1.60. The summed E-state index contributed by atoms with van der Waals surface area (Å²) in [6.07, 6.45) is 2.20. The number of methoxy groups -OCH3 is 1. The van der Waals surface area contributed by atoms with Crippen molar-refractivity contribution in [2.24, 2.45) is 0 Å². The molecule has 0 radical (unpaired) electrons. The van der Waals surface area contributed by atoms with Gasteiger partial charge < -0.3 is 20.5 Å². The first kappa shape index (κ1) is 10.5. The summed E-state index contributed by atoms with van der Waals surface area (Å²) in [6, 6.07) is 0.340. The second-order valence-corrected chi connectivity index (χ2v) is 4.26. The van der Waals surface area contributed by atoms with Gasteiger partial charge in [0.15, 0.2) is 16.6 Å². The van der Waals surface area contributed by atoms with Crippen LogP contribution in [-0.4, -0.2) is 30.7 Å². The topological polar surface area (TPSA) is 69.4 Å². The minimum absolute atomic E-state index is 0.340. The van der Waals surface area contributed by atoms with Crippen LogP contribution >= 0.6 is 11.5 Å². The number of ether oxygens (including phenoxy) is 2. The highest BCUT2D eigenvalue weighted by Crippen LogP contribution is 2.35. The Kier molecular flexibility index (Phi) is 3.27. The lowest BCUT2D eigenvalue weighted by Gasteiger charge is -2.23. The number of nitrogens with two attached hydrogens (primary N) is 1. The van der Waals surface area contributed by atoms with E-state index in [1.165, 1.54) is 11.5 Å². The second-order valence-electron chi connectivity index (χ2n) is 3.49. The Bertz CT molecular complexity index is 323. The normalized spacial score (nSPS) is 21.3. The fraction of sp³-hybridized carbons (Fsp3) is 0.667. The van der Waals surface area contributed by atoms with Crippen molar-refractivity contribution in [1.82, 2.24) is 4.37 Å². The molecule has 1 aliphatic heterocycles. The molecule has 0 aliphatic carbocycles. The maximum absolute atomic E-state index is 5.66. The third kappa shape index (κ3) is 2.32. The van der Waals surface area contributed by atoms with Crippen LogP contribution in [0.3, 0.4) is 0 Å². The van der Waals surface area contributed by atoms with Crippen molar-refractivity contribution in [3.63, 3.8) is 0 Å². The van der Waals surface area contributed by atoms with Crippen molar-refractivity contribution in [2.45, 2.75) is 18.9 Å². The molecule has 6 heteroatoms. The summed E-state index contributed by atoms with van der Waals surface area (Å²) in [5.74, 6) is 1.09. The van der Waals surface area contributed by atoms with E-state index in [0.29, 0.717) is 17.6 Å². The van der Waals surface area contributed by atoms with Gasteiger partial charge in [0.05, 0.1) is 19.8 Å². The summed E-state index contributed by atoms with van der Waals surface area (Å²) >= 11 is 1.33. The van der Waals surface area contributed by atoms with Gasteiger partial charge in [0.2, 0.25) is 0 Å². The number of aromatic nitrogens is 1. The van der Waals surface area contributed by atoms with Crippen molar-refractivity contribution in [3.8, 4) is 5.75 Å². The van der Waals surface area contributed by atoms with E-state index in [9.17, 15) is 0 Å². The van der Waals surface area contributed by atoms with Crippen molar-refractivity contribution < 1.29 is 9.47 Å². The molecule has 1 fully saturated rings. The molecule has 1 unspecified atom stereocenters. The van der Waals surface area contributed by atoms with Gasteiger partial charge in [0.25, 0.3) is 0 Å². The molecule has 0 amide bonds. The predicted molar refractivity (Wildman–Crippen MR) is 60.5 cm³/mol. The summed E-state index contributed by atoms with van der Waals surface area (Å²) in [6.45, 7) is 1.60. The molecule has 1 saturated heterocycles. The average Bonchev–Trinajstić information content (AvgIpc) is 2.61. The SMILES string of the molecule is COc1c(N)nsc1NC1CCCOC1. The van der Waals surface area contributed by atoms with E-state index in [0.717, 1.165) is 31.1 Å². The van der Waals surface area contributed by atoms with Crippen LogP contribution in [0, 0.1) is 0 Å². The Hall–Kier alpha value is -1.01. The molecule has 1 aromatic heterocycles. The summed E-state index contributed by atoms with van der Waals surface area (Å²) in [4.78, 5) is 0. The van der Waals surface area contributed by atoms with Crippen LogP contribution in [0.15, 0.2) is 0 Å². The first-order valence-electron chi connectivity index (χ1n) is 4.94. The summed E-state index contributed by atoms with van der Waals surface area (Å²) < 4.78 is 14.6. The molecule has 1 aliphatic rings. The van der Waals surface area contributed by atoms with Gasteiger partial charge in [0, 0.05) is 6.61 Å². The molecular weight excluding hydrogens is 214 g/mol. The van der Waals surface area contributed by atoms with E-state index in [4.69, 9.17) is 15.2 Å². The Morgan fingerprint density at radius 2 is 2.53 bits per heavy atom. The number of nitrogens with zero attached hydrogens (tertiary/aromatic N) is 1. The molecule has 15 heavy (non-hydrogen) atoms. The molecule has 1 aromatic rings. The maximum Gasteiger partial charge on any atom is 0.197 e. The van der Waals surface area contributed by atoms with Gasteiger partial charge in [-0.05, 0) is 24.4 Å². The fourth-order valence-corrected chi connectivity index (χ4v) is 2.39. The lowest BCUT2D eigenvalue weighted by Crippen LogP contribution is -2.29. The molecule has 5 nitrogen and oxygen atoms in total. The Morgan fingerprint density at radius 3 is 3.20 bits per heavy atom. The first-order valence-corrected chi connectivity index (χ1v) is 5.72.